The predicted molar refractivity (Wildman–Crippen MR) is 178 cm³/mol. The summed E-state index contributed by atoms with van der Waals surface area (Å²) < 4.78 is 11.7. The van der Waals surface area contributed by atoms with Crippen molar-refractivity contribution in [1.82, 2.24) is 5.32 Å². The van der Waals surface area contributed by atoms with Crippen molar-refractivity contribution < 1.29 is 14.3 Å². The van der Waals surface area contributed by atoms with E-state index >= 15 is 0 Å². The second-order valence-corrected chi connectivity index (χ2v) is 12.1. The summed E-state index contributed by atoms with van der Waals surface area (Å²) >= 11 is 0. The van der Waals surface area contributed by atoms with Crippen molar-refractivity contribution in [1.29, 1.82) is 0 Å². The number of urea groups is 1. The summed E-state index contributed by atoms with van der Waals surface area (Å²) in [6.45, 7) is 11.8. The minimum Gasteiger partial charge on any atom is -0.497 e. The van der Waals surface area contributed by atoms with Crippen LogP contribution in [0.2, 0.25) is 0 Å². The largest absolute Gasteiger partial charge is 0.497 e. The SMILES string of the molecule is COc1cccc(C2(CNC(=O)Nc3c(C(C)C)cc(N)cc3C(C)C)CCN(c3ccccc3OCCCN)CC2)c1. The number of carbonyl (C=O) groups excluding carboxylic acids is 1. The number of rotatable bonds is 12. The molecule has 0 atom stereocenters. The molecule has 0 aromatic heterocycles. The van der Waals surface area contributed by atoms with Crippen molar-refractivity contribution in [3.63, 3.8) is 0 Å². The highest BCUT2D eigenvalue weighted by Crippen LogP contribution is 2.40. The van der Waals surface area contributed by atoms with E-state index in [0.717, 1.165) is 71.9 Å². The molecule has 1 aliphatic rings. The molecule has 0 aliphatic carbocycles. The lowest BCUT2D eigenvalue weighted by Crippen LogP contribution is -2.49. The molecule has 0 spiro atoms. The van der Waals surface area contributed by atoms with Gasteiger partial charge in [0, 0.05) is 36.4 Å². The molecule has 0 radical (unpaired) electrons. The van der Waals surface area contributed by atoms with Gasteiger partial charge in [-0.2, -0.15) is 0 Å². The van der Waals surface area contributed by atoms with Crippen LogP contribution in [0.25, 0.3) is 0 Å². The number of nitrogen functional groups attached to an aromatic ring is 1. The summed E-state index contributed by atoms with van der Waals surface area (Å²) in [5.74, 6) is 2.12. The number of nitrogens with one attached hydrogen (secondary N) is 2. The zero-order chi connectivity index (χ0) is 31.0. The van der Waals surface area contributed by atoms with Gasteiger partial charge in [0.05, 0.1) is 19.4 Å². The van der Waals surface area contributed by atoms with E-state index in [0.29, 0.717) is 25.4 Å². The number of nitrogens with zero attached hydrogens (tertiary/aromatic N) is 1. The highest BCUT2D eigenvalue weighted by Gasteiger charge is 2.37. The molecule has 1 aliphatic heterocycles. The molecule has 3 aromatic carbocycles. The molecular weight excluding hydrogens is 538 g/mol. The molecule has 0 bridgehead atoms. The number of hydrogen-bond donors (Lipinski definition) is 4. The Hall–Kier alpha value is -3.91. The van der Waals surface area contributed by atoms with Crippen molar-refractivity contribution in [2.75, 3.05) is 55.8 Å². The van der Waals surface area contributed by atoms with Crippen LogP contribution in [0, 0.1) is 0 Å². The number of carbonyl (C=O) groups is 1. The van der Waals surface area contributed by atoms with Crippen LogP contribution in [0.4, 0.5) is 21.9 Å². The van der Waals surface area contributed by atoms with Crippen LogP contribution in [0.15, 0.2) is 60.7 Å². The highest BCUT2D eigenvalue weighted by molar-refractivity contribution is 5.92. The van der Waals surface area contributed by atoms with Crippen LogP contribution in [0.5, 0.6) is 11.5 Å². The van der Waals surface area contributed by atoms with Gasteiger partial charge in [-0.1, -0.05) is 52.0 Å². The van der Waals surface area contributed by atoms with E-state index in [-0.39, 0.29) is 23.3 Å². The summed E-state index contributed by atoms with van der Waals surface area (Å²) in [7, 11) is 1.69. The third kappa shape index (κ3) is 7.73. The molecule has 4 rings (SSSR count). The fraction of sp³-hybridized carbons (Fsp3) is 0.457. The van der Waals surface area contributed by atoms with E-state index in [9.17, 15) is 4.79 Å². The molecule has 43 heavy (non-hydrogen) atoms. The predicted octanol–water partition coefficient (Wildman–Crippen LogP) is 6.61. The molecule has 8 nitrogen and oxygen atoms in total. The molecule has 6 N–H and O–H groups in total. The molecular formula is C35H49N5O3. The van der Waals surface area contributed by atoms with Crippen LogP contribution in [-0.4, -0.2) is 45.9 Å². The van der Waals surface area contributed by atoms with Gasteiger partial charge in [0.2, 0.25) is 0 Å². The molecule has 1 heterocycles. The zero-order valence-corrected chi connectivity index (χ0v) is 26.4. The van der Waals surface area contributed by atoms with Crippen molar-refractivity contribution in [2.24, 2.45) is 5.73 Å². The van der Waals surface area contributed by atoms with Crippen LogP contribution in [0.3, 0.4) is 0 Å². The minimum absolute atomic E-state index is 0.211. The Morgan fingerprint density at radius 1 is 0.977 bits per heavy atom. The number of nitrogens with two attached hydrogens (primary N) is 2. The topological polar surface area (TPSA) is 115 Å². The van der Waals surface area contributed by atoms with Crippen molar-refractivity contribution in [2.45, 2.75) is 64.2 Å². The van der Waals surface area contributed by atoms with E-state index in [1.54, 1.807) is 7.11 Å². The lowest BCUT2D eigenvalue weighted by Gasteiger charge is -2.43. The number of ether oxygens (including phenoxy) is 2. The maximum absolute atomic E-state index is 13.5. The Bertz CT molecular complexity index is 1340. The van der Waals surface area contributed by atoms with E-state index in [4.69, 9.17) is 20.9 Å². The molecule has 1 saturated heterocycles. The quantitative estimate of drug-likeness (QED) is 0.140. The van der Waals surface area contributed by atoms with Crippen molar-refractivity contribution in [3.05, 3.63) is 77.4 Å². The fourth-order valence-corrected chi connectivity index (χ4v) is 5.98. The van der Waals surface area contributed by atoms with Gasteiger partial charge in [0.1, 0.15) is 11.5 Å². The molecule has 0 saturated carbocycles. The number of amides is 2. The fourth-order valence-electron chi connectivity index (χ4n) is 5.98. The van der Waals surface area contributed by atoms with Crippen LogP contribution >= 0.6 is 0 Å². The van der Waals surface area contributed by atoms with Gasteiger partial charge in [0.15, 0.2) is 0 Å². The van der Waals surface area contributed by atoms with Gasteiger partial charge in [-0.15, -0.1) is 0 Å². The van der Waals surface area contributed by atoms with Crippen LogP contribution in [0.1, 0.15) is 75.5 Å². The lowest BCUT2D eigenvalue weighted by molar-refractivity contribution is 0.244. The first-order valence-electron chi connectivity index (χ1n) is 15.5. The average molecular weight is 588 g/mol. The van der Waals surface area contributed by atoms with Gasteiger partial charge in [-0.3, -0.25) is 0 Å². The first-order chi connectivity index (χ1) is 20.7. The number of hydrogen-bond acceptors (Lipinski definition) is 6. The number of para-hydroxylation sites is 2. The molecule has 3 aromatic rings. The maximum atomic E-state index is 13.5. The standard InChI is InChI=1S/C35H49N5O3/c1-24(2)29-21-27(37)22-30(25(3)4)33(29)39-34(41)38-23-35(26-10-8-11-28(20-26)42-5)14-17-40(18-15-35)31-12-6-7-13-32(31)43-19-9-16-36/h6-8,10-13,20-22,24-25H,9,14-19,23,36-37H2,1-5H3,(H2,38,39,41). The van der Waals surface area contributed by atoms with Gasteiger partial charge in [0.25, 0.3) is 0 Å². The zero-order valence-electron chi connectivity index (χ0n) is 26.4. The Balaban J connectivity index is 1.56. The second kappa shape index (κ2) is 14.5. The van der Waals surface area contributed by atoms with Crippen LogP contribution < -0.4 is 36.5 Å². The smallest absolute Gasteiger partial charge is 0.319 e. The average Bonchev–Trinajstić information content (AvgIpc) is 3.01. The van der Waals surface area contributed by atoms with E-state index in [2.05, 4.69) is 67.5 Å². The van der Waals surface area contributed by atoms with Crippen LogP contribution in [-0.2, 0) is 5.41 Å². The highest BCUT2D eigenvalue weighted by atomic mass is 16.5. The molecule has 8 heteroatoms. The van der Waals surface area contributed by atoms with Crippen molar-refractivity contribution in [3.8, 4) is 11.5 Å². The second-order valence-electron chi connectivity index (χ2n) is 12.1. The van der Waals surface area contributed by atoms with Gasteiger partial charge in [-0.05, 0) is 90.7 Å². The van der Waals surface area contributed by atoms with Gasteiger partial charge >= 0.3 is 6.03 Å². The molecule has 1 fully saturated rings. The summed E-state index contributed by atoms with van der Waals surface area (Å²) in [6.07, 6.45) is 2.52. The molecule has 0 unspecified atom stereocenters. The Morgan fingerprint density at radius 3 is 2.28 bits per heavy atom. The minimum atomic E-state index is -0.263. The maximum Gasteiger partial charge on any atom is 0.319 e. The van der Waals surface area contributed by atoms with E-state index in [1.807, 2.05) is 36.4 Å². The van der Waals surface area contributed by atoms with E-state index < -0.39 is 0 Å². The number of benzene rings is 3. The third-order valence-electron chi connectivity index (χ3n) is 8.51. The summed E-state index contributed by atoms with van der Waals surface area (Å²) in [6, 6.07) is 20.2. The molecule has 2 amide bonds. The monoisotopic (exact) mass is 587 g/mol. The van der Waals surface area contributed by atoms with E-state index in [1.165, 1.54) is 0 Å². The normalized spacial score (nSPS) is 14.6. The molecule has 232 valence electrons. The first kappa shape index (κ1) is 32.0. The number of methoxy groups -OCH3 is 1. The summed E-state index contributed by atoms with van der Waals surface area (Å²) in [4.78, 5) is 15.9. The van der Waals surface area contributed by atoms with Crippen molar-refractivity contribution >= 4 is 23.1 Å². The Morgan fingerprint density at radius 2 is 1.65 bits per heavy atom. The summed E-state index contributed by atoms with van der Waals surface area (Å²) in [5, 5.41) is 6.45. The lowest BCUT2D eigenvalue weighted by atomic mass is 9.72. The number of anilines is 3. The Labute approximate surface area is 257 Å². The number of piperidine rings is 1. The Kier molecular flexibility index (Phi) is 10.8. The summed E-state index contributed by atoms with van der Waals surface area (Å²) in [5.41, 5.74) is 17.6. The first-order valence-corrected chi connectivity index (χ1v) is 15.5. The third-order valence-corrected chi connectivity index (χ3v) is 8.51. The van der Waals surface area contributed by atoms with Gasteiger partial charge < -0.3 is 36.5 Å². The van der Waals surface area contributed by atoms with Gasteiger partial charge in [-0.25, -0.2) is 4.79 Å².